The Bertz CT molecular complexity index is 350. The van der Waals surface area contributed by atoms with E-state index in [1.807, 2.05) is 6.08 Å². The van der Waals surface area contributed by atoms with Gasteiger partial charge in [0.05, 0.1) is 6.26 Å². The number of hydrogen-bond donors (Lipinski definition) is 0. The lowest BCUT2D eigenvalue weighted by Crippen LogP contribution is -2.35. The Morgan fingerprint density at radius 1 is 1.27 bits per heavy atom. The molecule has 1 fully saturated rings. The third kappa shape index (κ3) is 2.42. The molecular formula is C11H18O3S. The van der Waals surface area contributed by atoms with Crippen molar-refractivity contribution in [2.45, 2.75) is 44.6 Å². The topological polar surface area (TPSA) is 43.4 Å². The fourth-order valence-corrected chi connectivity index (χ4v) is 3.46. The Labute approximate surface area is 91.6 Å². The second-order valence-corrected chi connectivity index (χ2v) is 6.38. The Hall–Kier alpha value is -0.350. The van der Waals surface area contributed by atoms with Crippen molar-refractivity contribution in [3.63, 3.8) is 0 Å². The summed E-state index contributed by atoms with van der Waals surface area (Å²) in [6.07, 6.45) is 11.8. The van der Waals surface area contributed by atoms with Crippen LogP contribution in [0.2, 0.25) is 0 Å². The minimum Gasteiger partial charge on any atom is -0.262 e. The molecular weight excluding hydrogens is 212 g/mol. The molecule has 2 aliphatic carbocycles. The summed E-state index contributed by atoms with van der Waals surface area (Å²) in [6, 6.07) is 0. The SMILES string of the molecule is CS(=O)(=O)OC1C=CCC12CCCCC2. The van der Waals surface area contributed by atoms with Crippen LogP contribution in [0.3, 0.4) is 0 Å². The van der Waals surface area contributed by atoms with Crippen molar-refractivity contribution in [2.75, 3.05) is 6.26 Å². The molecule has 1 spiro atoms. The van der Waals surface area contributed by atoms with E-state index in [4.69, 9.17) is 4.18 Å². The van der Waals surface area contributed by atoms with E-state index in [1.54, 1.807) is 0 Å². The first-order valence-corrected chi connectivity index (χ1v) is 7.38. The van der Waals surface area contributed by atoms with E-state index in [0.717, 1.165) is 25.5 Å². The zero-order chi connectivity index (χ0) is 10.9. The first-order chi connectivity index (χ1) is 7.02. The van der Waals surface area contributed by atoms with Gasteiger partial charge in [-0.3, -0.25) is 4.18 Å². The largest absolute Gasteiger partial charge is 0.264 e. The first-order valence-electron chi connectivity index (χ1n) is 5.57. The van der Waals surface area contributed by atoms with Crippen LogP contribution in [0.4, 0.5) is 0 Å². The van der Waals surface area contributed by atoms with E-state index in [0.29, 0.717) is 0 Å². The van der Waals surface area contributed by atoms with Gasteiger partial charge in [0.2, 0.25) is 0 Å². The summed E-state index contributed by atoms with van der Waals surface area (Å²) in [7, 11) is -3.33. The van der Waals surface area contributed by atoms with E-state index in [-0.39, 0.29) is 11.5 Å². The normalized spacial score (nSPS) is 29.8. The van der Waals surface area contributed by atoms with Gasteiger partial charge in [0, 0.05) is 5.41 Å². The standard InChI is InChI=1S/C11H18O3S/c1-15(12,13)14-10-6-5-9-11(10)7-3-2-4-8-11/h5-6,10H,2-4,7-9H2,1H3. The van der Waals surface area contributed by atoms with Gasteiger partial charge in [-0.2, -0.15) is 8.42 Å². The van der Waals surface area contributed by atoms with Crippen molar-refractivity contribution in [3.8, 4) is 0 Å². The second kappa shape index (κ2) is 3.91. The minimum atomic E-state index is -3.33. The summed E-state index contributed by atoms with van der Waals surface area (Å²) in [4.78, 5) is 0. The summed E-state index contributed by atoms with van der Waals surface area (Å²) in [5.41, 5.74) is 0.0847. The van der Waals surface area contributed by atoms with Crippen molar-refractivity contribution in [1.29, 1.82) is 0 Å². The van der Waals surface area contributed by atoms with Gasteiger partial charge in [0.25, 0.3) is 10.1 Å². The van der Waals surface area contributed by atoms with Gasteiger partial charge < -0.3 is 0 Å². The smallest absolute Gasteiger partial charge is 0.262 e. The van der Waals surface area contributed by atoms with Crippen molar-refractivity contribution in [2.24, 2.45) is 5.41 Å². The Morgan fingerprint density at radius 3 is 2.53 bits per heavy atom. The van der Waals surface area contributed by atoms with Crippen molar-refractivity contribution in [1.82, 2.24) is 0 Å². The van der Waals surface area contributed by atoms with Crippen LogP contribution in [0.1, 0.15) is 38.5 Å². The molecule has 1 saturated carbocycles. The van der Waals surface area contributed by atoms with Crippen LogP contribution in [0.5, 0.6) is 0 Å². The van der Waals surface area contributed by atoms with Gasteiger partial charge in [-0.05, 0) is 19.3 Å². The quantitative estimate of drug-likeness (QED) is 0.540. The molecule has 0 N–H and O–H groups in total. The number of allylic oxidation sites excluding steroid dienone is 1. The molecule has 2 rings (SSSR count). The Morgan fingerprint density at radius 2 is 1.93 bits per heavy atom. The molecule has 3 nitrogen and oxygen atoms in total. The average Bonchev–Trinajstić information content (AvgIpc) is 2.48. The maximum atomic E-state index is 11.2. The van der Waals surface area contributed by atoms with E-state index in [9.17, 15) is 8.42 Å². The van der Waals surface area contributed by atoms with Crippen molar-refractivity contribution < 1.29 is 12.6 Å². The number of rotatable bonds is 2. The summed E-state index contributed by atoms with van der Waals surface area (Å²) in [5.74, 6) is 0. The molecule has 0 heterocycles. The molecule has 0 bridgehead atoms. The molecule has 2 aliphatic rings. The predicted molar refractivity (Wildman–Crippen MR) is 59.0 cm³/mol. The summed E-state index contributed by atoms with van der Waals surface area (Å²) in [5, 5.41) is 0. The van der Waals surface area contributed by atoms with E-state index in [1.165, 1.54) is 19.3 Å². The van der Waals surface area contributed by atoms with Crippen LogP contribution in [-0.2, 0) is 14.3 Å². The molecule has 0 aliphatic heterocycles. The van der Waals surface area contributed by atoms with Gasteiger partial charge >= 0.3 is 0 Å². The Balaban J connectivity index is 2.12. The van der Waals surface area contributed by atoms with Crippen LogP contribution < -0.4 is 0 Å². The van der Waals surface area contributed by atoms with Crippen LogP contribution in [0.15, 0.2) is 12.2 Å². The zero-order valence-corrected chi connectivity index (χ0v) is 9.92. The van der Waals surface area contributed by atoms with Crippen LogP contribution in [0, 0.1) is 5.41 Å². The molecule has 0 aromatic carbocycles. The summed E-state index contributed by atoms with van der Waals surface area (Å²) < 4.78 is 27.5. The molecule has 0 aromatic heterocycles. The fraction of sp³-hybridized carbons (Fsp3) is 0.818. The zero-order valence-electron chi connectivity index (χ0n) is 9.11. The minimum absolute atomic E-state index is 0.0847. The highest BCUT2D eigenvalue weighted by atomic mass is 32.2. The molecule has 86 valence electrons. The van der Waals surface area contributed by atoms with Crippen molar-refractivity contribution in [3.05, 3.63) is 12.2 Å². The van der Waals surface area contributed by atoms with Gasteiger partial charge in [0.15, 0.2) is 0 Å². The molecule has 1 unspecified atom stereocenters. The highest BCUT2D eigenvalue weighted by Gasteiger charge is 2.42. The number of hydrogen-bond acceptors (Lipinski definition) is 3. The summed E-state index contributed by atoms with van der Waals surface area (Å²) in [6.45, 7) is 0. The third-order valence-electron chi connectivity index (χ3n) is 3.57. The second-order valence-electron chi connectivity index (χ2n) is 4.78. The molecule has 0 aromatic rings. The molecule has 1 atom stereocenters. The van der Waals surface area contributed by atoms with Gasteiger partial charge in [-0.25, -0.2) is 0 Å². The molecule has 15 heavy (non-hydrogen) atoms. The molecule has 4 heteroatoms. The van der Waals surface area contributed by atoms with E-state index < -0.39 is 10.1 Å². The van der Waals surface area contributed by atoms with Crippen LogP contribution >= 0.6 is 0 Å². The highest BCUT2D eigenvalue weighted by Crippen LogP contribution is 2.47. The van der Waals surface area contributed by atoms with E-state index >= 15 is 0 Å². The molecule has 0 radical (unpaired) electrons. The van der Waals surface area contributed by atoms with Crippen LogP contribution in [-0.4, -0.2) is 20.8 Å². The lowest BCUT2D eigenvalue weighted by Gasteiger charge is -2.37. The van der Waals surface area contributed by atoms with Gasteiger partial charge in [0.1, 0.15) is 6.10 Å². The lowest BCUT2D eigenvalue weighted by atomic mass is 9.71. The molecule has 0 saturated heterocycles. The molecule has 0 amide bonds. The third-order valence-corrected chi connectivity index (χ3v) is 4.12. The van der Waals surface area contributed by atoms with E-state index in [2.05, 4.69) is 6.08 Å². The maximum Gasteiger partial charge on any atom is 0.264 e. The predicted octanol–water partition coefficient (Wildman–Crippen LogP) is 2.24. The first kappa shape index (κ1) is 11.1. The van der Waals surface area contributed by atoms with Crippen molar-refractivity contribution >= 4 is 10.1 Å². The van der Waals surface area contributed by atoms with Gasteiger partial charge in [-0.15, -0.1) is 0 Å². The van der Waals surface area contributed by atoms with Gasteiger partial charge in [-0.1, -0.05) is 31.4 Å². The van der Waals surface area contributed by atoms with Crippen LogP contribution in [0.25, 0.3) is 0 Å². The highest BCUT2D eigenvalue weighted by molar-refractivity contribution is 7.86. The average molecular weight is 230 g/mol. The lowest BCUT2D eigenvalue weighted by molar-refractivity contribution is 0.0649. The maximum absolute atomic E-state index is 11.2. The fourth-order valence-electron chi connectivity index (χ4n) is 2.81. The Kier molecular flexibility index (Phi) is 2.90. The summed E-state index contributed by atoms with van der Waals surface area (Å²) >= 11 is 0. The monoisotopic (exact) mass is 230 g/mol.